The Balaban J connectivity index is 2.11. The molecule has 0 spiro atoms. The summed E-state index contributed by atoms with van der Waals surface area (Å²) >= 11 is 0. The molecular formula is C11H15N3O2. The first-order chi connectivity index (χ1) is 7.68. The minimum Gasteiger partial charge on any atom is -0.478 e. The molecule has 5 nitrogen and oxygen atoms in total. The first kappa shape index (κ1) is 10.9. The quantitative estimate of drug-likeness (QED) is 0.838. The van der Waals surface area contributed by atoms with E-state index in [1.54, 1.807) is 0 Å². The van der Waals surface area contributed by atoms with Gasteiger partial charge >= 0.3 is 5.97 Å². The maximum Gasteiger partial charge on any atom is 0.338 e. The van der Waals surface area contributed by atoms with Crippen LogP contribution < -0.4 is 4.90 Å². The lowest BCUT2D eigenvalue weighted by atomic mass is 10.2. The molecule has 1 saturated carbocycles. The lowest BCUT2D eigenvalue weighted by molar-refractivity contribution is 0.0696. The van der Waals surface area contributed by atoms with Crippen LogP contribution in [0.4, 0.5) is 5.95 Å². The van der Waals surface area contributed by atoms with Gasteiger partial charge in [0.15, 0.2) is 0 Å². The summed E-state index contributed by atoms with van der Waals surface area (Å²) in [4.78, 5) is 20.8. The van der Waals surface area contributed by atoms with E-state index in [1.807, 2.05) is 11.9 Å². The van der Waals surface area contributed by atoms with Crippen molar-refractivity contribution in [2.24, 2.45) is 0 Å². The Kier molecular flexibility index (Phi) is 3.03. The molecule has 0 saturated heterocycles. The number of rotatable bonds is 3. The van der Waals surface area contributed by atoms with Gasteiger partial charge in [0.1, 0.15) is 0 Å². The second kappa shape index (κ2) is 4.47. The Morgan fingerprint density at radius 3 is 2.44 bits per heavy atom. The Hall–Kier alpha value is -1.65. The van der Waals surface area contributed by atoms with Gasteiger partial charge < -0.3 is 10.0 Å². The van der Waals surface area contributed by atoms with Gasteiger partial charge in [-0.05, 0) is 12.8 Å². The van der Waals surface area contributed by atoms with Crippen molar-refractivity contribution in [1.82, 2.24) is 9.97 Å². The molecule has 1 N–H and O–H groups in total. The molecule has 1 heterocycles. The van der Waals surface area contributed by atoms with Crippen molar-refractivity contribution in [2.45, 2.75) is 31.7 Å². The average Bonchev–Trinajstić information content (AvgIpc) is 2.81. The van der Waals surface area contributed by atoms with Gasteiger partial charge in [0, 0.05) is 25.5 Å². The van der Waals surface area contributed by atoms with Crippen molar-refractivity contribution in [3.63, 3.8) is 0 Å². The van der Waals surface area contributed by atoms with Crippen molar-refractivity contribution in [1.29, 1.82) is 0 Å². The molecule has 0 aromatic carbocycles. The zero-order chi connectivity index (χ0) is 11.5. The van der Waals surface area contributed by atoms with Crippen molar-refractivity contribution < 1.29 is 9.90 Å². The highest BCUT2D eigenvalue weighted by atomic mass is 16.4. The van der Waals surface area contributed by atoms with E-state index in [1.165, 1.54) is 38.1 Å². The number of hydrogen-bond donors (Lipinski definition) is 1. The summed E-state index contributed by atoms with van der Waals surface area (Å²) in [5.41, 5.74) is 0.128. The second-order valence-electron chi connectivity index (χ2n) is 4.13. The smallest absolute Gasteiger partial charge is 0.338 e. The molecule has 2 rings (SSSR count). The van der Waals surface area contributed by atoms with E-state index < -0.39 is 5.97 Å². The Morgan fingerprint density at radius 2 is 1.94 bits per heavy atom. The van der Waals surface area contributed by atoms with Gasteiger partial charge in [0.2, 0.25) is 5.95 Å². The number of nitrogens with zero attached hydrogens (tertiary/aromatic N) is 3. The highest BCUT2D eigenvalue weighted by Gasteiger charge is 2.21. The standard InChI is InChI=1S/C11H15N3O2/c1-14(9-4-2-3-5-9)11-12-6-8(7-13-11)10(15)16/h6-7,9H,2-5H2,1H3,(H,15,16). The van der Waals surface area contributed by atoms with Gasteiger partial charge in [0.05, 0.1) is 5.56 Å². The van der Waals surface area contributed by atoms with E-state index in [4.69, 9.17) is 5.11 Å². The molecule has 0 amide bonds. The molecule has 0 aliphatic heterocycles. The van der Waals surface area contributed by atoms with E-state index in [0.717, 1.165) is 0 Å². The molecule has 1 aromatic rings. The van der Waals surface area contributed by atoms with Crippen LogP contribution >= 0.6 is 0 Å². The Morgan fingerprint density at radius 1 is 1.38 bits per heavy atom. The predicted molar refractivity (Wildman–Crippen MR) is 59.7 cm³/mol. The summed E-state index contributed by atoms with van der Waals surface area (Å²) in [5.74, 6) is -0.382. The maximum absolute atomic E-state index is 10.6. The van der Waals surface area contributed by atoms with Crippen molar-refractivity contribution in [3.05, 3.63) is 18.0 Å². The topological polar surface area (TPSA) is 66.3 Å². The van der Waals surface area contributed by atoms with Crippen LogP contribution in [0, 0.1) is 0 Å². The van der Waals surface area contributed by atoms with Gasteiger partial charge in [-0.2, -0.15) is 0 Å². The summed E-state index contributed by atoms with van der Waals surface area (Å²) in [6.07, 6.45) is 7.55. The molecule has 1 aliphatic rings. The van der Waals surface area contributed by atoms with Crippen molar-refractivity contribution >= 4 is 11.9 Å². The van der Waals surface area contributed by atoms with Crippen LogP contribution in [0.15, 0.2) is 12.4 Å². The lowest BCUT2D eigenvalue weighted by Crippen LogP contribution is -2.30. The molecular weight excluding hydrogens is 206 g/mol. The van der Waals surface area contributed by atoms with E-state index in [-0.39, 0.29) is 5.56 Å². The normalized spacial score (nSPS) is 16.3. The van der Waals surface area contributed by atoms with Crippen LogP contribution in [0.1, 0.15) is 36.0 Å². The first-order valence-electron chi connectivity index (χ1n) is 5.46. The summed E-state index contributed by atoms with van der Waals surface area (Å²) in [7, 11) is 1.96. The molecule has 16 heavy (non-hydrogen) atoms. The van der Waals surface area contributed by atoms with E-state index in [0.29, 0.717) is 12.0 Å². The van der Waals surface area contributed by atoms with Crippen LogP contribution in [-0.4, -0.2) is 34.1 Å². The van der Waals surface area contributed by atoms with Crippen LogP contribution in [-0.2, 0) is 0 Å². The number of carboxylic acid groups (broad SMARTS) is 1. The summed E-state index contributed by atoms with van der Waals surface area (Å²) in [5, 5.41) is 8.73. The molecule has 1 aliphatic carbocycles. The van der Waals surface area contributed by atoms with Gasteiger partial charge in [-0.15, -0.1) is 0 Å². The van der Waals surface area contributed by atoms with Gasteiger partial charge in [-0.1, -0.05) is 12.8 Å². The highest BCUT2D eigenvalue weighted by molar-refractivity contribution is 5.86. The number of carboxylic acids is 1. The highest BCUT2D eigenvalue weighted by Crippen LogP contribution is 2.24. The third-order valence-corrected chi connectivity index (χ3v) is 3.07. The average molecular weight is 221 g/mol. The van der Waals surface area contributed by atoms with Gasteiger partial charge in [-0.25, -0.2) is 14.8 Å². The molecule has 1 aromatic heterocycles. The summed E-state index contributed by atoms with van der Waals surface area (Å²) in [6.45, 7) is 0. The minimum atomic E-state index is -0.991. The summed E-state index contributed by atoms with van der Waals surface area (Å²) in [6, 6.07) is 0.496. The third kappa shape index (κ3) is 2.13. The third-order valence-electron chi connectivity index (χ3n) is 3.07. The van der Waals surface area contributed by atoms with Crippen LogP contribution in [0.5, 0.6) is 0 Å². The van der Waals surface area contributed by atoms with Crippen molar-refractivity contribution in [3.8, 4) is 0 Å². The van der Waals surface area contributed by atoms with Crippen LogP contribution in [0.25, 0.3) is 0 Å². The number of anilines is 1. The number of aromatic nitrogens is 2. The van der Waals surface area contributed by atoms with Crippen molar-refractivity contribution in [2.75, 3.05) is 11.9 Å². The summed E-state index contributed by atoms with van der Waals surface area (Å²) < 4.78 is 0. The largest absolute Gasteiger partial charge is 0.478 e. The molecule has 0 atom stereocenters. The monoisotopic (exact) mass is 221 g/mol. The zero-order valence-electron chi connectivity index (χ0n) is 9.26. The predicted octanol–water partition coefficient (Wildman–Crippen LogP) is 1.55. The maximum atomic E-state index is 10.6. The SMILES string of the molecule is CN(c1ncc(C(=O)O)cn1)C1CCCC1. The minimum absolute atomic E-state index is 0.128. The molecule has 1 fully saturated rings. The van der Waals surface area contributed by atoms with Gasteiger partial charge in [-0.3, -0.25) is 0 Å². The lowest BCUT2D eigenvalue weighted by Gasteiger charge is -2.23. The number of aromatic carboxylic acids is 1. The number of carbonyl (C=O) groups is 1. The molecule has 0 unspecified atom stereocenters. The molecule has 5 heteroatoms. The second-order valence-corrected chi connectivity index (χ2v) is 4.13. The fourth-order valence-corrected chi connectivity index (χ4v) is 2.07. The van der Waals surface area contributed by atoms with Gasteiger partial charge in [0.25, 0.3) is 0 Å². The van der Waals surface area contributed by atoms with E-state index in [9.17, 15) is 4.79 Å². The number of hydrogen-bond acceptors (Lipinski definition) is 4. The fraction of sp³-hybridized carbons (Fsp3) is 0.545. The van der Waals surface area contributed by atoms with Crippen LogP contribution in [0.2, 0.25) is 0 Å². The van der Waals surface area contributed by atoms with E-state index >= 15 is 0 Å². The zero-order valence-corrected chi connectivity index (χ0v) is 9.26. The van der Waals surface area contributed by atoms with E-state index in [2.05, 4.69) is 9.97 Å². The molecule has 0 bridgehead atoms. The molecule has 0 radical (unpaired) electrons. The first-order valence-corrected chi connectivity index (χ1v) is 5.46. The Labute approximate surface area is 94.1 Å². The fourth-order valence-electron chi connectivity index (χ4n) is 2.07. The Bertz CT molecular complexity index is 371. The van der Waals surface area contributed by atoms with Crippen LogP contribution in [0.3, 0.4) is 0 Å². The molecule has 86 valence electrons.